The summed E-state index contributed by atoms with van der Waals surface area (Å²) in [5, 5.41) is 20.4. The Labute approximate surface area is 125 Å². The highest BCUT2D eigenvalue weighted by Gasteiger charge is 2.37. The van der Waals surface area contributed by atoms with Crippen LogP contribution in [0.4, 0.5) is 24.5 Å². The molecule has 5 nitrogen and oxygen atoms in total. The van der Waals surface area contributed by atoms with Gasteiger partial charge in [0.2, 0.25) is 0 Å². The number of hydrogen-bond donors (Lipinski definition) is 1. The highest BCUT2D eigenvalue weighted by molar-refractivity contribution is 5.59. The van der Waals surface area contributed by atoms with Crippen molar-refractivity contribution in [2.75, 3.05) is 18.0 Å². The summed E-state index contributed by atoms with van der Waals surface area (Å²) >= 11 is 0. The molecule has 1 aliphatic heterocycles. The van der Waals surface area contributed by atoms with Gasteiger partial charge in [0.25, 0.3) is 5.69 Å². The van der Waals surface area contributed by atoms with Crippen LogP contribution in [-0.2, 0) is 6.18 Å². The van der Waals surface area contributed by atoms with Crippen molar-refractivity contribution in [3.05, 3.63) is 33.9 Å². The average Bonchev–Trinajstić information content (AvgIpc) is 2.45. The predicted molar refractivity (Wildman–Crippen MR) is 74.7 cm³/mol. The summed E-state index contributed by atoms with van der Waals surface area (Å²) in [6.07, 6.45) is -3.85. The monoisotopic (exact) mass is 318 g/mol. The van der Waals surface area contributed by atoms with Crippen molar-refractivity contribution in [3.8, 4) is 0 Å². The number of rotatable bonds is 3. The molecule has 22 heavy (non-hydrogen) atoms. The van der Waals surface area contributed by atoms with E-state index in [1.165, 1.54) is 0 Å². The van der Waals surface area contributed by atoms with E-state index in [2.05, 4.69) is 0 Å². The lowest BCUT2D eigenvalue weighted by Crippen LogP contribution is -2.40. The highest BCUT2D eigenvalue weighted by Crippen LogP contribution is 2.40. The van der Waals surface area contributed by atoms with Gasteiger partial charge in [0.15, 0.2) is 0 Å². The third-order valence-corrected chi connectivity index (χ3v) is 3.98. The lowest BCUT2D eigenvalue weighted by atomic mass is 9.92. The van der Waals surface area contributed by atoms with Crippen molar-refractivity contribution in [1.29, 1.82) is 0 Å². The maximum atomic E-state index is 13.2. The van der Waals surface area contributed by atoms with Crippen molar-refractivity contribution in [2.24, 2.45) is 5.92 Å². The lowest BCUT2D eigenvalue weighted by Gasteiger charge is -2.36. The number of halogens is 3. The second-order valence-corrected chi connectivity index (χ2v) is 5.55. The molecule has 1 heterocycles. The van der Waals surface area contributed by atoms with Gasteiger partial charge < -0.3 is 10.0 Å². The molecular formula is C14H17F3N2O3. The van der Waals surface area contributed by atoms with E-state index in [4.69, 9.17) is 0 Å². The van der Waals surface area contributed by atoms with Crippen LogP contribution in [0.25, 0.3) is 0 Å². The minimum Gasteiger partial charge on any atom is -0.393 e. The smallest absolute Gasteiger partial charge is 0.393 e. The van der Waals surface area contributed by atoms with Crippen LogP contribution in [0, 0.1) is 16.0 Å². The fraction of sp³-hybridized carbons (Fsp3) is 0.571. The van der Waals surface area contributed by atoms with E-state index < -0.39 is 28.5 Å². The molecule has 1 fully saturated rings. The minimum atomic E-state index is -4.67. The quantitative estimate of drug-likeness (QED) is 0.686. The molecule has 2 atom stereocenters. The zero-order chi connectivity index (χ0) is 16.5. The van der Waals surface area contributed by atoms with Gasteiger partial charge in [0, 0.05) is 36.8 Å². The van der Waals surface area contributed by atoms with Crippen LogP contribution in [0.15, 0.2) is 18.2 Å². The summed E-state index contributed by atoms with van der Waals surface area (Å²) < 4.78 is 39.6. The molecule has 122 valence electrons. The molecule has 1 aliphatic rings. The fourth-order valence-corrected chi connectivity index (χ4v) is 2.76. The molecule has 0 saturated carbocycles. The van der Waals surface area contributed by atoms with Gasteiger partial charge in [-0.2, -0.15) is 13.2 Å². The number of hydrogen-bond acceptors (Lipinski definition) is 4. The number of aliphatic hydroxyl groups is 1. The summed E-state index contributed by atoms with van der Waals surface area (Å²) in [5.41, 5.74) is -1.66. The van der Waals surface area contributed by atoms with E-state index in [0.29, 0.717) is 25.6 Å². The van der Waals surface area contributed by atoms with Crippen molar-refractivity contribution < 1.29 is 23.2 Å². The van der Waals surface area contributed by atoms with Crippen LogP contribution < -0.4 is 4.90 Å². The zero-order valence-corrected chi connectivity index (χ0v) is 12.0. The molecule has 2 unspecified atom stereocenters. The number of nitro benzene ring substituents is 1. The van der Waals surface area contributed by atoms with Gasteiger partial charge in [0.1, 0.15) is 0 Å². The summed E-state index contributed by atoms with van der Waals surface area (Å²) in [4.78, 5) is 11.4. The first-order chi connectivity index (χ1) is 10.2. The molecule has 1 N–H and O–H groups in total. The molecule has 2 rings (SSSR count). The molecule has 1 aromatic rings. The van der Waals surface area contributed by atoms with Crippen molar-refractivity contribution in [1.82, 2.24) is 0 Å². The molecular weight excluding hydrogens is 301 g/mol. The predicted octanol–water partition coefficient (Wildman–Crippen LogP) is 3.21. The van der Waals surface area contributed by atoms with Crippen LogP contribution in [0.5, 0.6) is 0 Å². The van der Waals surface area contributed by atoms with Crippen LogP contribution >= 0.6 is 0 Å². The van der Waals surface area contributed by atoms with E-state index in [1.807, 2.05) is 0 Å². The van der Waals surface area contributed by atoms with E-state index in [1.54, 1.807) is 11.8 Å². The Hall–Kier alpha value is -1.83. The van der Waals surface area contributed by atoms with Crippen LogP contribution in [0.2, 0.25) is 0 Å². The van der Waals surface area contributed by atoms with E-state index in [-0.39, 0.29) is 11.6 Å². The van der Waals surface area contributed by atoms with Crippen LogP contribution in [-0.4, -0.2) is 29.2 Å². The number of nitro groups is 1. The van der Waals surface area contributed by atoms with Crippen LogP contribution in [0.3, 0.4) is 0 Å². The Balaban J connectivity index is 2.39. The molecule has 0 aliphatic carbocycles. The standard InChI is InChI=1S/C14H17F3N2O3/c1-9(20)10-3-2-6-18(8-10)13-5-4-11(19(21)22)7-12(13)14(15,16)17/h4-5,7,9-10,20H,2-3,6,8H2,1H3. The SMILES string of the molecule is CC(O)C1CCCN(c2ccc([N+](=O)[O-])cc2C(F)(F)F)C1. The van der Waals surface area contributed by atoms with Crippen LogP contribution in [0.1, 0.15) is 25.3 Å². The van der Waals surface area contributed by atoms with Gasteiger partial charge in [-0.1, -0.05) is 0 Å². The number of aliphatic hydroxyl groups excluding tert-OH is 1. The van der Waals surface area contributed by atoms with Crippen molar-refractivity contribution in [2.45, 2.75) is 32.0 Å². The largest absolute Gasteiger partial charge is 0.418 e. The third kappa shape index (κ3) is 3.49. The highest BCUT2D eigenvalue weighted by atomic mass is 19.4. The normalized spacial score (nSPS) is 20.8. The number of alkyl halides is 3. The summed E-state index contributed by atoms with van der Waals surface area (Å²) in [7, 11) is 0. The zero-order valence-electron chi connectivity index (χ0n) is 12.0. The molecule has 0 amide bonds. The van der Waals surface area contributed by atoms with Gasteiger partial charge >= 0.3 is 6.18 Å². The molecule has 0 spiro atoms. The first-order valence-corrected chi connectivity index (χ1v) is 6.99. The van der Waals surface area contributed by atoms with E-state index in [9.17, 15) is 28.4 Å². The molecule has 0 radical (unpaired) electrons. The number of piperidine rings is 1. The molecule has 1 saturated heterocycles. The average molecular weight is 318 g/mol. The number of benzene rings is 1. The lowest BCUT2D eigenvalue weighted by molar-refractivity contribution is -0.385. The number of non-ortho nitro benzene ring substituents is 1. The number of anilines is 1. The summed E-state index contributed by atoms with van der Waals surface area (Å²) in [5.74, 6) is -0.106. The van der Waals surface area contributed by atoms with Gasteiger partial charge in [-0.3, -0.25) is 10.1 Å². The first kappa shape index (κ1) is 16.5. The molecule has 0 bridgehead atoms. The Bertz CT molecular complexity index is 561. The Kier molecular flexibility index (Phi) is 4.60. The van der Waals surface area contributed by atoms with Gasteiger partial charge in [0.05, 0.1) is 16.6 Å². The Morgan fingerprint density at radius 3 is 2.68 bits per heavy atom. The van der Waals surface area contributed by atoms with Crippen molar-refractivity contribution >= 4 is 11.4 Å². The maximum Gasteiger partial charge on any atom is 0.418 e. The number of nitrogens with zero attached hydrogens (tertiary/aromatic N) is 2. The van der Waals surface area contributed by atoms with Gasteiger partial charge in [-0.25, -0.2) is 0 Å². The summed E-state index contributed by atoms with van der Waals surface area (Å²) in [6, 6.07) is 2.79. The summed E-state index contributed by atoms with van der Waals surface area (Å²) in [6.45, 7) is 2.36. The van der Waals surface area contributed by atoms with Crippen molar-refractivity contribution in [3.63, 3.8) is 0 Å². The maximum absolute atomic E-state index is 13.2. The van der Waals surface area contributed by atoms with E-state index in [0.717, 1.165) is 18.6 Å². The van der Waals surface area contributed by atoms with E-state index >= 15 is 0 Å². The fourth-order valence-electron chi connectivity index (χ4n) is 2.76. The van der Waals surface area contributed by atoms with Gasteiger partial charge in [-0.05, 0) is 25.8 Å². The molecule has 1 aromatic carbocycles. The van der Waals surface area contributed by atoms with Gasteiger partial charge in [-0.15, -0.1) is 0 Å². The topological polar surface area (TPSA) is 66.6 Å². The second kappa shape index (κ2) is 6.12. The second-order valence-electron chi connectivity index (χ2n) is 5.55. The molecule has 0 aromatic heterocycles. The molecule has 8 heteroatoms. The Morgan fingerprint density at radius 1 is 1.45 bits per heavy atom. The minimum absolute atomic E-state index is 0.0662. The third-order valence-electron chi connectivity index (χ3n) is 3.98. The Morgan fingerprint density at radius 2 is 2.14 bits per heavy atom. The first-order valence-electron chi connectivity index (χ1n) is 6.99.